The van der Waals surface area contributed by atoms with Crippen molar-refractivity contribution in [1.29, 1.82) is 0 Å². The molecule has 1 aliphatic rings. The lowest BCUT2D eigenvalue weighted by Gasteiger charge is -2.22. The maximum absolute atomic E-state index is 14.3. The van der Waals surface area contributed by atoms with Crippen LogP contribution in [0.3, 0.4) is 0 Å². The molecule has 0 radical (unpaired) electrons. The number of carbonyl (C=O) groups excluding carboxylic acids is 2. The summed E-state index contributed by atoms with van der Waals surface area (Å²) in [6.07, 6.45) is 3.93. The molecule has 0 aliphatic heterocycles. The minimum Gasteiger partial charge on any atom is -0.398 e. The Labute approximate surface area is 161 Å². The van der Waals surface area contributed by atoms with E-state index in [-0.39, 0.29) is 40.2 Å². The summed E-state index contributed by atoms with van der Waals surface area (Å²) in [5.74, 6) is -1.50. The second-order valence-corrected chi connectivity index (χ2v) is 7.08. The van der Waals surface area contributed by atoms with Gasteiger partial charge in [0.15, 0.2) is 0 Å². The fraction of sp³-hybridized carbons (Fsp3) is 0.350. The number of nitrogens with one attached hydrogen (secondary N) is 3. The number of aryl methyl sites for hydroxylation is 1. The van der Waals surface area contributed by atoms with Crippen LogP contribution in [0, 0.1) is 18.7 Å². The standard InChI is InChI=1S/C20H23FN4O3/c1-11-5-6-14(22)17(18(11)21)20(28)24-10-13-3-2-4-15(13)25-19(27)12-7-8-23-16(26)9-12/h5-9,13,15H,2-4,10,22H2,1H3,(H,23,26)(H,24,28)(H,25,27)/t13-,15+/m1/s1. The van der Waals surface area contributed by atoms with E-state index in [1.807, 2.05) is 0 Å². The van der Waals surface area contributed by atoms with Crippen LogP contribution in [0.1, 0.15) is 45.5 Å². The fourth-order valence-corrected chi connectivity index (χ4v) is 3.55. The van der Waals surface area contributed by atoms with Crippen LogP contribution in [0.15, 0.2) is 35.3 Å². The highest BCUT2D eigenvalue weighted by Crippen LogP contribution is 2.26. The number of hydrogen-bond acceptors (Lipinski definition) is 4. The van der Waals surface area contributed by atoms with Crippen molar-refractivity contribution in [2.75, 3.05) is 12.3 Å². The summed E-state index contributed by atoms with van der Waals surface area (Å²) in [6, 6.07) is 5.68. The van der Waals surface area contributed by atoms with E-state index in [1.165, 1.54) is 30.5 Å². The van der Waals surface area contributed by atoms with Gasteiger partial charge in [-0.1, -0.05) is 12.5 Å². The number of amides is 2. The Morgan fingerprint density at radius 2 is 2.04 bits per heavy atom. The van der Waals surface area contributed by atoms with Crippen molar-refractivity contribution < 1.29 is 14.0 Å². The first-order chi connectivity index (χ1) is 13.4. The van der Waals surface area contributed by atoms with Gasteiger partial charge in [-0.3, -0.25) is 14.4 Å². The van der Waals surface area contributed by atoms with Gasteiger partial charge in [-0.15, -0.1) is 0 Å². The first kappa shape index (κ1) is 19.6. The number of nitrogen functional groups attached to an aromatic ring is 1. The molecule has 0 unspecified atom stereocenters. The molecular weight excluding hydrogens is 363 g/mol. The van der Waals surface area contributed by atoms with Gasteiger partial charge in [-0.2, -0.15) is 0 Å². The van der Waals surface area contributed by atoms with E-state index in [4.69, 9.17) is 5.73 Å². The molecule has 28 heavy (non-hydrogen) atoms. The van der Waals surface area contributed by atoms with E-state index in [9.17, 15) is 18.8 Å². The number of benzene rings is 1. The number of halogens is 1. The van der Waals surface area contributed by atoms with Crippen molar-refractivity contribution in [3.63, 3.8) is 0 Å². The van der Waals surface area contributed by atoms with E-state index in [0.29, 0.717) is 12.1 Å². The Morgan fingerprint density at radius 1 is 1.25 bits per heavy atom. The molecule has 0 bridgehead atoms. The largest absolute Gasteiger partial charge is 0.398 e. The van der Waals surface area contributed by atoms with Gasteiger partial charge >= 0.3 is 0 Å². The van der Waals surface area contributed by atoms with Crippen molar-refractivity contribution in [3.8, 4) is 0 Å². The van der Waals surface area contributed by atoms with Crippen molar-refractivity contribution in [1.82, 2.24) is 15.6 Å². The Morgan fingerprint density at radius 3 is 2.79 bits per heavy atom. The lowest BCUT2D eigenvalue weighted by molar-refractivity contribution is 0.0921. The number of H-pyrrole nitrogens is 1. The van der Waals surface area contributed by atoms with Gasteiger partial charge in [0.25, 0.3) is 11.8 Å². The third-order valence-electron chi connectivity index (χ3n) is 5.13. The second-order valence-electron chi connectivity index (χ2n) is 7.08. The number of anilines is 1. The second kappa shape index (κ2) is 8.24. The lowest BCUT2D eigenvalue weighted by atomic mass is 10.0. The molecule has 5 N–H and O–H groups in total. The SMILES string of the molecule is Cc1ccc(N)c(C(=O)NC[C@H]2CCC[C@@H]2NC(=O)c2cc[nH]c(=O)c2)c1F. The highest BCUT2D eigenvalue weighted by Gasteiger charge is 2.29. The average molecular weight is 386 g/mol. The third-order valence-corrected chi connectivity index (χ3v) is 5.13. The molecule has 1 aromatic heterocycles. The zero-order valence-corrected chi connectivity index (χ0v) is 15.5. The van der Waals surface area contributed by atoms with Crippen LogP contribution >= 0.6 is 0 Å². The smallest absolute Gasteiger partial charge is 0.256 e. The number of nitrogens with two attached hydrogens (primary N) is 1. The molecule has 0 saturated heterocycles. The van der Waals surface area contributed by atoms with Gasteiger partial charge in [-0.25, -0.2) is 4.39 Å². The predicted octanol–water partition coefficient (Wildman–Crippen LogP) is 1.73. The number of carbonyl (C=O) groups is 2. The summed E-state index contributed by atoms with van der Waals surface area (Å²) in [6.45, 7) is 1.87. The summed E-state index contributed by atoms with van der Waals surface area (Å²) in [5.41, 5.74) is 5.99. The van der Waals surface area contributed by atoms with Gasteiger partial charge < -0.3 is 21.4 Å². The molecule has 8 heteroatoms. The van der Waals surface area contributed by atoms with E-state index in [0.717, 1.165) is 19.3 Å². The maximum atomic E-state index is 14.3. The van der Waals surface area contributed by atoms with Crippen LogP contribution in [0.5, 0.6) is 0 Å². The first-order valence-electron chi connectivity index (χ1n) is 9.19. The normalized spacial score (nSPS) is 18.6. The zero-order chi connectivity index (χ0) is 20.3. The summed E-state index contributed by atoms with van der Waals surface area (Å²) < 4.78 is 14.3. The monoisotopic (exact) mass is 386 g/mol. The molecule has 1 heterocycles. The van der Waals surface area contributed by atoms with Gasteiger partial charge in [0, 0.05) is 36.1 Å². The Bertz CT molecular complexity index is 957. The Kier molecular flexibility index (Phi) is 5.77. The van der Waals surface area contributed by atoms with Crippen molar-refractivity contribution in [3.05, 3.63) is 63.3 Å². The summed E-state index contributed by atoms with van der Waals surface area (Å²) in [5, 5.41) is 5.66. The molecule has 7 nitrogen and oxygen atoms in total. The average Bonchev–Trinajstić information content (AvgIpc) is 3.10. The van der Waals surface area contributed by atoms with E-state index >= 15 is 0 Å². The molecule has 2 atom stereocenters. The molecule has 1 aliphatic carbocycles. The molecule has 2 amide bonds. The van der Waals surface area contributed by atoms with Crippen LogP contribution < -0.4 is 21.9 Å². The van der Waals surface area contributed by atoms with E-state index in [2.05, 4.69) is 15.6 Å². The van der Waals surface area contributed by atoms with Crippen LogP contribution in [-0.2, 0) is 0 Å². The van der Waals surface area contributed by atoms with Crippen LogP contribution in [0.4, 0.5) is 10.1 Å². The summed E-state index contributed by atoms with van der Waals surface area (Å²) in [4.78, 5) is 38.6. The van der Waals surface area contributed by atoms with Gasteiger partial charge in [-0.05, 0) is 43.4 Å². The van der Waals surface area contributed by atoms with Crippen LogP contribution in [-0.4, -0.2) is 29.4 Å². The minimum absolute atomic E-state index is 0.0176. The molecule has 2 aromatic rings. The fourth-order valence-electron chi connectivity index (χ4n) is 3.55. The molecular formula is C20H23FN4O3. The van der Waals surface area contributed by atoms with Gasteiger partial charge in [0.2, 0.25) is 5.56 Å². The van der Waals surface area contributed by atoms with Crippen molar-refractivity contribution >= 4 is 17.5 Å². The van der Waals surface area contributed by atoms with E-state index in [1.54, 1.807) is 6.92 Å². The summed E-state index contributed by atoms with van der Waals surface area (Å²) in [7, 11) is 0. The van der Waals surface area contributed by atoms with Crippen molar-refractivity contribution in [2.24, 2.45) is 5.92 Å². The Hall–Kier alpha value is -3.16. The first-order valence-corrected chi connectivity index (χ1v) is 9.19. The number of rotatable bonds is 5. The number of hydrogen-bond donors (Lipinski definition) is 4. The Balaban J connectivity index is 1.63. The number of aromatic amines is 1. The molecule has 1 aromatic carbocycles. The quantitative estimate of drug-likeness (QED) is 0.586. The van der Waals surface area contributed by atoms with Crippen LogP contribution in [0.25, 0.3) is 0 Å². The van der Waals surface area contributed by atoms with Crippen molar-refractivity contribution in [2.45, 2.75) is 32.2 Å². The topological polar surface area (TPSA) is 117 Å². The minimum atomic E-state index is -0.622. The number of aromatic nitrogens is 1. The lowest BCUT2D eigenvalue weighted by Crippen LogP contribution is -2.42. The number of pyridine rings is 1. The third kappa shape index (κ3) is 4.21. The predicted molar refractivity (Wildman–Crippen MR) is 104 cm³/mol. The van der Waals surface area contributed by atoms with Gasteiger partial charge in [0.05, 0.1) is 5.56 Å². The zero-order valence-electron chi connectivity index (χ0n) is 15.5. The summed E-state index contributed by atoms with van der Waals surface area (Å²) >= 11 is 0. The molecule has 0 spiro atoms. The molecule has 3 rings (SSSR count). The molecule has 1 saturated carbocycles. The highest BCUT2D eigenvalue weighted by atomic mass is 19.1. The molecule has 1 fully saturated rings. The highest BCUT2D eigenvalue weighted by molar-refractivity contribution is 5.99. The van der Waals surface area contributed by atoms with Gasteiger partial charge in [0.1, 0.15) is 5.82 Å². The molecule has 148 valence electrons. The maximum Gasteiger partial charge on any atom is 0.256 e. The van der Waals surface area contributed by atoms with Crippen LogP contribution in [0.2, 0.25) is 0 Å². The van der Waals surface area contributed by atoms with E-state index < -0.39 is 11.7 Å².